The number of rotatable bonds is 6. The minimum absolute atomic E-state index is 0.0648. The van der Waals surface area contributed by atoms with E-state index in [-0.39, 0.29) is 23.8 Å². The Morgan fingerprint density at radius 1 is 1.03 bits per heavy atom. The van der Waals surface area contributed by atoms with E-state index in [9.17, 15) is 22.4 Å². The van der Waals surface area contributed by atoms with Crippen molar-refractivity contribution in [3.05, 3.63) is 94.0 Å². The molecule has 0 amide bonds. The van der Waals surface area contributed by atoms with Crippen LogP contribution in [0.4, 0.5) is 17.6 Å². The summed E-state index contributed by atoms with van der Waals surface area (Å²) in [5.74, 6) is -0.286. The number of carbonyl (C=O) groups is 1. The van der Waals surface area contributed by atoms with E-state index in [4.69, 9.17) is 16.3 Å². The summed E-state index contributed by atoms with van der Waals surface area (Å²) >= 11 is 5.92. The number of alkyl halides is 3. The molecule has 1 heterocycles. The van der Waals surface area contributed by atoms with Crippen LogP contribution >= 0.6 is 11.6 Å². The standard InChI is InChI=1S/C21H14ClF4NO2/c22-18-10-15(21(24,25)26)11-27-19(18)9-13-1-7-17(8-2-13)29-12-20(28)14-3-5-16(23)6-4-14/h1-8,10-11H,9,12H2. The first-order chi connectivity index (χ1) is 13.7. The van der Waals surface area contributed by atoms with Gasteiger partial charge in [-0.15, -0.1) is 0 Å². The molecule has 3 rings (SSSR count). The van der Waals surface area contributed by atoms with E-state index in [2.05, 4.69) is 4.98 Å². The number of hydrogen-bond acceptors (Lipinski definition) is 3. The monoisotopic (exact) mass is 423 g/mol. The van der Waals surface area contributed by atoms with Gasteiger partial charge in [0, 0.05) is 18.2 Å². The molecule has 8 heteroatoms. The molecule has 0 fully saturated rings. The summed E-state index contributed by atoms with van der Waals surface area (Å²) in [6, 6.07) is 12.7. The maximum absolute atomic E-state index is 12.9. The van der Waals surface area contributed by atoms with E-state index in [0.29, 0.717) is 17.0 Å². The second kappa shape index (κ2) is 8.61. The molecule has 1 aromatic heterocycles. The largest absolute Gasteiger partial charge is 0.485 e. The van der Waals surface area contributed by atoms with E-state index in [1.165, 1.54) is 24.3 Å². The van der Waals surface area contributed by atoms with Gasteiger partial charge in [-0.3, -0.25) is 9.78 Å². The van der Waals surface area contributed by atoms with Crippen molar-refractivity contribution < 1.29 is 27.1 Å². The molecule has 150 valence electrons. The number of ether oxygens (including phenoxy) is 1. The molecule has 0 spiro atoms. The van der Waals surface area contributed by atoms with Crippen LogP contribution in [0.15, 0.2) is 60.8 Å². The quantitative estimate of drug-likeness (QED) is 0.374. The molecule has 0 N–H and O–H groups in total. The zero-order valence-electron chi connectivity index (χ0n) is 14.8. The van der Waals surface area contributed by atoms with Gasteiger partial charge in [0.05, 0.1) is 16.3 Å². The summed E-state index contributed by atoms with van der Waals surface area (Å²) < 4.78 is 56.3. The van der Waals surface area contributed by atoms with E-state index in [0.717, 1.165) is 17.8 Å². The van der Waals surface area contributed by atoms with Gasteiger partial charge in [-0.2, -0.15) is 13.2 Å². The lowest BCUT2D eigenvalue weighted by Crippen LogP contribution is -2.11. The highest BCUT2D eigenvalue weighted by atomic mass is 35.5. The highest BCUT2D eigenvalue weighted by Crippen LogP contribution is 2.31. The second-order valence-corrected chi connectivity index (χ2v) is 6.60. The van der Waals surface area contributed by atoms with Crippen LogP contribution in [-0.2, 0) is 12.6 Å². The third kappa shape index (κ3) is 5.54. The molecule has 0 saturated heterocycles. The average molecular weight is 424 g/mol. The van der Waals surface area contributed by atoms with Gasteiger partial charge in [-0.25, -0.2) is 4.39 Å². The number of ketones is 1. The molecule has 0 aliphatic heterocycles. The predicted molar refractivity (Wildman–Crippen MR) is 99.7 cm³/mol. The molecule has 29 heavy (non-hydrogen) atoms. The lowest BCUT2D eigenvalue weighted by atomic mass is 10.1. The summed E-state index contributed by atoms with van der Waals surface area (Å²) in [5.41, 5.74) is 0.517. The molecule has 0 aliphatic carbocycles. The number of benzene rings is 2. The number of aromatic nitrogens is 1. The Bertz CT molecular complexity index is 1000. The maximum Gasteiger partial charge on any atom is 0.417 e. The minimum atomic E-state index is -4.50. The molecule has 3 aromatic rings. The molecule has 0 aliphatic rings. The van der Waals surface area contributed by atoms with Gasteiger partial charge >= 0.3 is 6.18 Å². The number of hydrogen-bond donors (Lipinski definition) is 0. The minimum Gasteiger partial charge on any atom is -0.485 e. The van der Waals surface area contributed by atoms with Gasteiger partial charge in [0.1, 0.15) is 11.6 Å². The van der Waals surface area contributed by atoms with Crippen LogP contribution in [-0.4, -0.2) is 17.4 Å². The predicted octanol–water partition coefficient (Wildman–Crippen LogP) is 5.75. The lowest BCUT2D eigenvalue weighted by molar-refractivity contribution is -0.137. The van der Waals surface area contributed by atoms with Crippen LogP contribution in [0.25, 0.3) is 0 Å². The molecule has 3 nitrogen and oxygen atoms in total. The van der Waals surface area contributed by atoms with Gasteiger partial charge in [-0.05, 0) is 48.0 Å². The van der Waals surface area contributed by atoms with E-state index < -0.39 is 17.6 Å². The fourth-order valence-corrected chi connectivity index (χ4v) is 2.75. The zero-order valence-corrected chi connectivity index (χ0v) is 15.6. The van der Waals surface area contributed by atoms with Crippen molar-refractivity contribution in [2.45, 2.75) is 12.6 Å². The molecule has 0 atom stereocenters. The van der Waals surface area contributed by atoms with Crippen molar-refractivity contribution in [3.63, 3.8) is 0 Å². The van der Waals surface area contributed by atoms with E-state index in [1.54, 1.807) is 24.3 Å². The summed E-state index contributed by atoms with van der Waals surface area (Å²) in [6.45, 7) is -0.211. The summed E-state index contributed by atoms with van der Waals surface area (Å²) in [5, 5.41) is -0.0648. The molecule has 0 unspecified atom stereocenters. The first-order valence-corrected chi connectivity index (χ1v) is 8.82. The van der Waals surface area contributed by atoms with Crippen LogP contribution in [0.1, 0.15) is 27.2 Å². The molecule has 0 saturated carbocycles. The van der Waals surface area contributed by atoms with Crippen molar-refractivity contribution >= 4 is 17.4 Å². The Morgan fingerprint density at radius 3 is 2.28 bits per heavy atom. The molecule has 0 bridgehead atoms. The first-order valence-electron chi connectivity index (χ1n) is 8.44. The number of carbonyl (C=O) groups excluding carboxylic acids is 1. The normalized spacial score (nSPS) is 11.3. The molecular weight excluding hydrogens is 410 g/mol. The fraction of sp³-hybridized carbons (Fsp3) is 0.143. The third-order valence-electron chi connectivity index (χ3n) is 4.08. The van der Waals surface area contributed by atoms with Crippen LogP contribution in [0.5, 0.6) is 5.75 Å². The smallest absolute Gasteiger partial charge is 0.417 e. The number of Topliss-reactive ketones (excluding diaryl/α,β-unsaturated/α-hetero) is 1. The molecule has 0 radical (unpaired) electrons. The first kappa shape index (κ1) is 20.8. The SMILES string of the molecule is O=C(COc1ccc(Cc2ncc(C(F)(F)F)cc2Cl)cc1)c1ccc(F)cc1. The molecular formula is C21H14ClF4NO2. The average Bonchev–Trinajstić information content (AvgIpc) is 2.68. The number of pyridine rings is 1. The molecule has 2 aromatic carbocycles. The van der Waals surface area contributed by atoms with Crippen molar-refractivity contribution in [1.82, 2.24) is 4.98 Å². The highest BCUT2D eigenvalue weighted by molar-refractivity contribution is 6.31. The Kier molecular flexibility index (Phi) is 6.17. The topological polar surface area (TPSA) is 39.2 Å². The van der Waals surface area contributed by atoms with Crippen molar-refractivity contribution in [1.29, 1.82) is 0 Å². The number of halogens is 5. The highest BCUT2D eigenvalue weighted by Gasteiger charge is 2.31. The van der Waals surface area contributed by atoms with Crippen molar-refractivity contribution in [2.75, 3.05) is 6.61 Å². The van der Waals surface area contributed by atoms with Crippen LogP contribution in [0.2, 0.25) is 5.02 Å². The van der Waals surface area contributed by atoms with Gasteiger partial charge < -0.3 is 4.74 Å². The van der Waals surface area contributed by atoms with Gasteiger partial charge in [0.2, 0.25) is 0 Å². The Hall–Kier alpha value is -2.93. The Morgan fingerprint density at radius 2 is 1.69 bits per heavy atom. The Labute approximate surface area is 168 Å². The summed E-state index contributed by atoms with van der Waals surface area (Å²) in [6.07, 6.45) is -3.51. The summed E-state index contributed by atoms with van der Waals surface area (Å²) in [7, 11) is 0. The lowest BCUT2D eigenvalue weighted by Gasteiger charge is -2.10. The van der Waals surface area contributed by atoms with Gasteiger partial charge in [0.15, 0.2) is 12.4 Å². The zero-order chi connectivity index (χ0) is 21.0. The van der Waals surface area contributed by atoms with Crippen molar-refractivity contribution in [2.24, 2.45) is 0 Å². The third-order valence-corrected chi connectivity index (χ3v) is 4.40. The summed E-state index contributed by atoms with van der Waals surface area (Å²) in [4.78, 5) is 15.8. The maximum atomic E-state index is 12.9. The van der Waals surface area contributed by atoms with Crippen LogP contribution in [0.3, 0.4) is 0 Å². The van der Waals surface area contributed by atoms with Crippen LogP contribution < -0.4 is 4.74 Å². The van der Waals surface area contributed by atoms with E-state index in [1.807, 2.05) is 0 Å². The Balaban J connectivity index is 1.60. The van der Waals surface area contributed by atoms with Crippen LogP contribution in [0, 0.1) is 5.82 Å². The van der Waals surface area contributed by atoms with E-state index >= 15 is 0 Å². The second-order valence-electron chi connectivity index (χ2n) is 6.19. The fourth-order valence-electron chi connectivity index (χ4n) is 2.52. The van der Waals surface area contributed by atoms with Gasteiger partial charge in [-0.1, -0.05) is 23.7 Å². The number of nitrogens with zero attached hydrogens (tertiary/aromatic N) is 1. The van der Waals surface area contributed by atoms with Gasteiger partial charge in [0.25, 0.3) is 0 Å². The van der Waals surface area contributed by atoms with Crippen molar-refractivity contribution in [3.8, 4) is 5.75 Å².